The van der Waals surface area contributed by atoms with E-state index in [1.807, 2.05) is 49.9 Å². The van der Waals surface area contributed by atoms with Gasteiger partial charge in [-0.15, -0.1) is 0 Å². The summed E-state index contributed by atoms with van der Waals surface area (Å²) in [5.74, 6) is 0.704. The Balaban J connectivity index is 2.52. The second-order valence-electron chi connectivity index (χ2n) is 4.19. The minimum atomic E-state index is -0.171. The van der Waals surface area contributed by atoms with Crippen molar-refractivity contribution in [3.05, 3.63) is 29.8 Å². The van der Waals surface area contributed by atoms with Crippen molar-refractivity contribution in [3.63, 3.8) is 0 Å². The van der Waals surface area contributed by atoms with E-state index in [-0.39, 0.29) is 5.97 Å². The number of carbonyl (C=O) groups is 1. The summed E-state index contributed by atoms with van der Waals surface area (Å²) in [6.45, 7) is 8.80. The molecule has 0 spiro atoms. The van der Waals surface area contributed by atoms with E-state index < -0.39 is 0 Å². The number of ether oxygens (including phenoxy) is 2. The molecule has 0 atom stereocenters. The highest BCUT2D eigenvalue weighted by Crippen LogP contribution is 2.13. The zero-order chi connectivity index (χ0) is 14.1. The van der Waals surface area contributed by atoms with Crippen LogP contribution < -0.4 is 4.74 Å². The fourth-order valence-electron chi connectivity index (χ4n) is 1.78. The summed E-state index contributed by atoms with van der Waals surface area (Å²) < 4.78 is 10.4. The van der Waals surface area contributed by atoms with Crippen molar-refractivity contribution in [1.82, 2.24) is 4.90 Å². The van der Waals surface area contributed by atoms with Crippen LogP contribution in [-0.4, -0.2) is 37.2 Å². The Labute approximate surface area is 115 Å². The van der Waals surface area contributed by atoms with Gasteiger partial charge in [-0.1, -0.05) is 19.1 Å². The van der Waals surface area contributed by atoms with Crippen LogP contribution in [0.3, 0.4) is 0 Å². The van der Waals surface area contributed by atoms with Gasteiger partial charge in [0.2, 0.25) is 0 Å². The normalized spacial score (nSPS) is 10.5. The average molecular weight is 265 g/mol. The molecule has 0 aromatic heterocycles. The molecule has 19 heavy (non-hydrogen) atoms. The molecule has 4 nitrogen and oxygen atoms in total. The first-order chi connectivity index (χ1) is 9.19. The van der Waals surface area contributed by atoms with Gasteiger partial charge in [-0.2, -0.15) is 0 Å². The van der Waals surface area contributed by atoms with Crippen LogP contribution in [0.15, 0.2) is 24.3 Å². The van der Waals surface area contributed by atoms with Gasteiger partial charge in [0.1, 0.15) is 5.75 Å². The smallest absolute Gasteiger partial charge is 0.320 e. The number of hydrogen-bond donors (Lipinski definition) is 0. The van der Waals surface area contributed by atoms with Crippen LogP contribution in [0, 0.1) is 0 Å². The molecule has 0 N–H and O–H groups in total. The van der Waals surface area contributed by atoms with Crippen LogP contribution >= 0.6 is 0 Å². The minimum absolute atomic E-state index is 0.171. The van der Waals surface area contributed by atoms with Gasteiger partial charge in [-0.05, 0) is 38.1 Å². The molecule has 0 saturated heterocycles. The van der Waals surface area contributed by atoms with Gasteiger partial charge in [0.05, 0.1) is 19.8 Å². The summed E-state index contributed by atoms with van der Waals surface area (Å²) in [5.41, 5.74) is 1.16. The van der Waals surface area contributed by atoms with Crippen molar-refractivity contribution in [3.8, 4) is 5.75 Å². The van der Waals surface area contributed by atoms with Gasteiger partial charge < -0.3 is 9.47 Å². The van der Waals surface area contributed by atoms with Gasteiger partial charge in [0, 0.05) is 6.54 Å². The third-order valence-corrected chi connectivity index (χ3v) is 2.75. The largest absolute Gasteiger partial charge is 0.494 e. The van der Waals surface area contributed by atoms with Gasteiger partial charge >= 0.3 is 5.97 Å². The molecule has 0 fully saturated rings. The first kappa shape index (κ1) is 15.5. The van der Waals surface area contributed by atoms with E-state index in [9.17, 15) is 4.79 Å². The lowest BCUT2D eigenvalue weighted by atomic mass is 10.2. The zero-order valence-corrected chi connectivity index (χ0v) is 12.0. The number of hydrogen-bond acceptors (Lipinski definition) is 4. The van der Waals surface area contributed by atoms with Crippen molar-refractivity contribution in [2.75, 3.05) is 26.3 Å². The molecule has 0 bridgehead atoms. The van der Waals surface area contributed by atoms with Crippen molar-refractivity contribution in [2.45, 2.75) is 27.3 Å². The third kappa shape index (κ3) is 5.75. The molecule has 1 aromatic rings. The first-order valence-corrected chi connectivity index (χ1v) is 6.79. The molecule has 0 amide bonds. The van der Waals surface area contributed by atoms with Crippen molar-refractivity contribution < 1.29 is 14.3 Å². The molecule has 1 aromatic carbocycles. The van der Waals surface area contributed by atoms with Gasteiger partial charge in [0.25, 0.3) is 0 Å². The van der Waals surface area contributed by atoms with Crippen LogP contribution in [0.4, 0.5) is 0 Å². The summed E-state index contributed by atoms with van der Waals surface area (Å²) >= 11 is 0. The maximum absolute atomic E-state index is 11.5. The summed E-state index contributed by atoms with van der Waals surface area (Å²) in [7, 11) is 0. The standard InChI is InChI=1S/C15H23NO3/c1-4-16(12-15(17)19-6-3)11-13-7-9-14(10-8-13)18-5-2/h7-10H,4-6,11-12H2,1-3H3. The quantitative estimate of drug-likeness (QED) is 0.677. The molecule has 4 heteroatoms. The molecule has 0 aliphatic carbocycles. The Morgan fingerprint density at radius 1 is 1.11 bits per heavy atom. The number of benzene rings is 1. The van der Waals surface area contributed by atoms with Gasteiger partial charge in [-0.3, -0.25) is 9.69 Å². The summed E-state index contributed by atoms with van der Waals surface area (Å²) in [5, 5.41) is 0. The maximum atomic E-state index is 11.5. The van der Waals surface area contributed by atoms with E-state index in [1.54, 1.807) is 0 Å². The van der Waals surface area contributed by atoms with Crippen LogP contribution in [0.5, 0.6) is 5.75 Å². The number of rotatable bonds is 8. The summed E-state index contributed by atoms with van der Waals surface area (Å²) in [6, 6.07) is 7.96. The summed E-state index contributed by atoms with van der Waals surface area (Å²) in [4.78, 5) is 13.5. The highest BCUT2D eigenvalue weighted by atomic mass is 16.5. The Bertz CT molecular complexity index is 375. The van der Waals surface area contributed by atoms with Crippen molar-refractivity contribution in [2.24, 2.45) is 0 Å². The molecule has 0 heterocycles. The fourth-order valence-corrected chi connectivity index (χ4v) is 1.78. The second kappa shape index (κ2) is 8.53. The van der Waals surface area contributed by atoms with Crippen LogP contribution in [-0.2, 0) is 16.1 Å². The van der Waals surface area contributed by atoms with Gasteiger partial charge in [0.15, 0.2) is 0 Å². The van der Waals surface area contributed by atoms with E-state index in [2.05, 4.69) is 0 Å². The first-order valence-electron chi connectivity index (χ1n) is 6.79. The fraction of sp³-hybridized carbons (Fsp3) is 0.533. The Hall–Kier alpha value is -1.55. The zero-order valence-electron chi connectivity index (χ0n) is 12.0. The maximum Gasteiger partial charge on any atom is 0.320 e. The lowest BCUT2D eigenvalue weighted by Gasteiger charge is -2.19. The average Bonchev–Trinajstić information content (AvgIpc) is 2.40. The molecule has 106 valence electrons. The third-order valence-electron chi connectivity index (χ3n) is 2.75. The molecule has 1 rings (SSSR count). The summed E-state index contributed by atoms with van der Waals surface area (Å²) in [6.07, 6.45) is 0. The molecule has 0 radical (unpaired) electrons. The molecular formula is C15H23NO3. The molecule has 0 unspecified atom stereocenters. The molecular weight excluding hydrogens is 242 g/mol. The Kier molecular flexibility index (Phi) is 6.97. The van der Waals surface area contributed by atoms with Crippen molar-refractivity contribution >= 4 is 5.97 Å². The topological polar surface area (TPSA) is 38.8 Å². The highest BCUT2D eigenvalue weighted by molar-refractivity contribution is 5.71. The van der Waals surface area contributed by atoms with E-state index in [0.717, 1.165) is 24.4 Å². The molecule has 0 aliphatic heterocycles. The van der Waals surface area contributed by atoms with Crippen LogP contribution in [0.2, 0.25) is 0 Å². The number of nitrogens with zero attached hydrogens (tertiary/aromatic N) is 1. The predicted molar refractivity (Wildman–Crippen MR) is 75.2 cm³/mol. The molecule has 0 saturated carbocycles. The van der Waals surface area contributed by atoms with E-state index in [4.69, 9.17) is 9.47 Å². The van der Waals surface area contributed by atoms with Gasteiger partial charge in [-0.25, -0.2) is 0 Å². The van der Waals surface area contributed by atoms with Crippen molar-refractivity contribution in [1.29, 1.82) is 0 Å². The monoisotopic (exact) mass is 265 g/mol. The number of esters is 1. The number of carbonyl (C=O) groups excluding carboxylic acids is 1. The van der Waals surface area contributed by atoms with E-state index >= 15 is 0 Å². The predicted octanol–water partition coefficient (Wildman–Crippen LogP) is 2.47. The molecule has 0 aliphatic rings. The minimum Gasteiger partial charge on any atom is -0.494 e. The van der Waals surface area contributed by atoms with E-state index in [0.29, 0.717) is 19.8 Å². The number of likely N-dealkylation sites (N-methyl/N-ethyl adjacent to an activating group) is 1. The SMILES string of the molecule is CCOC(=O)CN(CC)Cc1ccc(OCC)cc1. The lowest BCUT2D eigenvalue weighted by Crippen LogP contribution is -2.30. The Morgan fingerprint density at radius 3 is 2.32 bits per heavy atom. The highest BCUT2D eigenvalue weighted by Gasteiger charge is 2.10. The second-order valence-corrected chi connectivity index (χ2v) is 4.19. The Morgan fingerprint density at radius 2 is 1.79 bits per heavy atom. The van der Waals surface area contributed by atoms with Crippen LogP contribution in [0.1, 0.15) is 26.3 Å². The lowest BCUT2D eigenvalue weighted by molar-refractivity contribution is -0.144. The van der Waals surface area contributed by atoms with E-state index in [1.165, 1.54) is 0 Å². The van der Waals surface area contributed by atoms with Crippen LogP contribution in [0.25, 0.3) is 0 Å².